The van der Waals surface area contributed by atoms with Crippen LogP contribution in [0.1, 0.15) is 12.7 Å². The fourth-order valence-electron chi connectivity index (χ4n) is 1.58. The molecule has 0 radical (unpaired) electrons. The van der Waals surface area contributed by atoms with E-state index >= 15 is 0 Å². The first-order valence-corrected chi connectivity index (χ1v) is 8.66. The lowest BCUT2D eigenvalue weighted by Crippen LogP contribution is -2.13. The van der Waals surface area contributed by atoms with Gasteiger partial charge in [0.1, 0.15) is 5.76 Å². The van der Waals surface area contributed by atoms with E-state index in [1.54, 1.807) is 18.2 Å². The summed E-state index contributed by atoms with van der Waals surface area (Å²) in [6.45, 7) is 3.28. The molecule has 1 aromatic heterocycles. The molecule has 0 aliphatic heterocycles. The molecule has 1 heterocycles. The molecule has 0 bridgehead atoms. The van der Waals surface area contributed by atoms with Crippen molar-refractivity contribution in [2.45, 2.75) is 18.6 Å². The van der Waals surface area contributed by atoms with Gasteiger partial charge in [-0.25, -0.2) is 0 Å². The lowest BCUT2D eigenvalue weighted by molar-refractivity contribution is 0.405. The predicted octanol–water partition coefficient (Wildman–Crippen LogP) is 2.79. The van der Waals surface area contributed by atoms with E-state index < -0.39 is 10.0 Å². The molecule has 0 aliphatic carbocycles. The van der Waals surface area contributed by atoms with E-state index in [9.17, 15) is 8.42 Å². The largest absolute Gasteiger partial charge is 0.446 e. The monoisotopic (exact) mass is 406 g/mol. The molecule has 0 amide bonds. The van der Waals surface area contributed by atoms with Crippen molar-refractivity contribution in [2.24, 2.45) is 0 Å². The standard InChI is InChI=1S/C13H15IN2O3S/c1-2-15-9-10-7-8-13(19-10)20(17,18)16-12-6-4-3-5-11(12)14/h3-8,15-16H,2,9H2,1H3. The Balaban J connectivity index is 2.18. The Morgan fingerprint density at radius 3 is 2.65 bits per heavy atom. The van der Waals surface area contributed by atoms with Crippen LogP contribution in [0.3, 0.4) is 0 Å². The van der Waals surface area contributed by atoms with Crippen molar-refractivity contribution in [3.8, 4) is 0 Å². The fraction of sp³-hybridized carbons (Fsp3) is 0.231. The van der Waals surface area contributed by atoms with Crippen LogP contribution in [0.15, 0.2) is 45.9 Å². The molecule has 0 aliphatic rings. The van der Waals surface area contributed by atoms with Crippen molar-refractivity contribution in [3.05, 3.63) is 45.7 Å². The third kappa shape index (κ3) is 3.74. The van der Waals surface area contributed by atoms with Gasteiger partial charge in [0.2, 0.25) is 5.09 Å². The molecule has 0 unspecified atom stereocenters. The minimum atomic E-state index is -3.69. The van der Waals surface area contributed by atoms with Crippen LogP contribution in [-0.2, 0) is 16.6 Å². The number of rotatable bonds is 6. The third-order valence-corrected chi connectivity index (χ3v) is 4.75. The zero-order valence-electron chi connectivity index (χ0n) is 10.9. The number of benzene rings is 1. The summed E-state index contributed by atoms with van der Waals surface area (Å²) in [5, 5.41) is 3.00. The van der Waals surface area contributed by atoms with Gasteiger partial charge in [-0.15, -0.1) is 0 Å². The highest BCUT2D eigenvalue weighted by Crippen LogP contribution is 2.22. The number of hydrogen-bond acceptors (Lipinski definition) is 4. The van der Waals surface area contributed by atoms with Gasteiger partial charge in [-0.2, -0.15) is 8.42 Å². The maximum Gasteiger partial charge on any atom is 0.295 e. The quantitative estimate of drug-likeness (QED) is 0.724. The number of furan rings is 1. The zero-order valence-corrected chi connectivity index (χ0v) is 13.9. The van der Waals surface area contributed by atoms with Crippen LogP contribution in [-0.4, -0.2) is 15.0 Å². The van der Waals surface area contributed by atoms with Crippen LogP contribution < -0.4 is 10.0 Å². The number of halogens is 1. The van der Waals surface area contributed by atoms with Crippen molar-refractivity contribution in [1.29, 1.82) is 0 Å². The van der Waals surface area contributed by atoms with Gasteiger partial charge in [-0.1, -0.05) is 19.1 Å². The van der Waals surface area contributed by atoms with Crippen molar-refractivity contribution >= 4 is 38.3 Å². The average molecular weight is 406 g/mol. The summed E-state index contributed by atoms with van der Waals surface area (Å²) in [6, 6.07) is 10.3. The Bertz CT molecular complexity index is 682. The molecule has 0 spiro atoms. The Kier molecular flexibility index (Phi) is 5.06. The van der Waals surface area contributed by atoms with Crippen LogP contribution in [0.5, 0.6) is 0 Å². The van der Waals surface area contributed by atoms with E-state index in [0.717, 1.165) is 10.1 Å². The summed E-state index contributed by atoms with van der Waals surface area (Å²) in [5.74, 6) is 0.593. The zero-order chi connectivity index (χ0) is 14.6. The van der Waals surface area contributed by atoms with Crippen LogP contribution >= 0.6 is 22.6 Å². The van der Waals surface area contributed by atoms with Crippen LogP contribution in [0.2, 0.25) is 0 Å². The normalized spacial score (nSPS) is 11.5. The minimum absolute atomic E-state index is 0.0787. The highest BCUT2D eigenvalue weighted by molar-refractivity contribution is 14.1. The molecule has 5 nitrogen and oxygen atoms in total. The lowest BCUT2D eigenvalue weighted by Gasteiger charge is -2.07. The highest BCUT2D eigenvalue weighted by Gasteiger charge is 2.19. The molecule has 2 N–H and O–H groups in total. The molecule has 2 rings (SSSR count). The predicted molar refractivity (Wildman–Crippen MR) is 86.1 cm³/mol. The van der Waals surface area contributed by atoms with Crippen molar-refractivity contribution in [3.63, 3.8) is 0 Å². The Morgan fingerprint density at radius 1 is 1.20 bits per heavy atom. The molecule has 0 saturated heterocycles. The second-order valence-electron chi connectivity index (χ2n) is 4.09. The van der Waals surface area contributed by atoms with E-state index in [4.69, 9.17) is 4.42 Å². The van der Waals surface area contributed by atoms with Crippen molar-refractivity contribution in [1.82, 2.24) is 5.32 Å². The first kappa shape index (κ1) is 15.3. The molecule has 1 aromatic carbocycles. The molecule has 20 heavy (non-hydrogen) atoms. The van der Waals surface area contributed by atoms with Gasteiger partial charge in [0.25, 0.3) is 10.0 Å². The van der Waals surface area contributed by atoms with Gasteiger partial charge >= 0.3 is 0 Å². The van der Waals surface area contributed by atoms with Crippen LogP contribution in [0.25, 0.3) is 0 Å². The smallest absolute Gasteiger partial charge is 0.295 e. The van der Waals surface area contributed by atoms with Gasteiger partial charge < -0.3 is 9.73 Å². The summed E-state index contributed by atoms with van der Waals surface area (Å²) < 4.78 is 33.1. The fourth-order valence-corrected chi connectivity index (χ4v) is 3.32. The number of hydrogen-bond donors (Lipinski definition) is 2. The number of sulfonamides is 1. The lowest BCUT2D eigenvalue weighted by atomic mass is 10.3. The Labute approximate surface area is 131 Å². The first-order valence-electron chi connectivity index (χ1n) is 6.09. The molecule has 7 heteroatoms. The molecule has 108 valence electrons. The Hall–Kier alpha value is -1.06. The third-order valence-electron chi connectivity index (χ3n) is 2.57. The summed E-state index contributed by atoms with van der Waals surface area (Å²) in [5.41, 5.74) is 0.540. The summed E-state index contributed by atoms with van der Waals surface area (Å²) in [7, 11) is -3.69. The number of nitrogens with one attached hydrogen (secondary N) is 2. The van der Waals surface area contributed by atoms with Gasteiger partial charge in [-0.05, 0) is 53.4 Å². The molecule has 0 fully saturated rings. The number of para-hydroxylation sites is 1. The van der Waals surface area contributed by atoms with Crippen LogP contribution in [0.4, 0.5) is 5.69 Å². The number of anilines is 1. The maximum atomic E-state index is 12.2. The highest BCUT2D eigenvalue weighted by atomic mass is 127. The van der Waals surface area contributed by atoms with Gasteiger partial charge in [0, 0.05) is 3.57 Å². The van der Waals surface area contributed by atoms with Gasteiger partial charge in [-0.3, -0.25) is 4.72 Å². The molecular weight excluding hydrogens is 391 g/mol. The topological polar surface area (TPSA) is 71.3 Å². The van der Waals surface area contributed by atoms with Crippen LogP contribution in [0, 0.1) is 3.57 Å². The second-order valence-corrected chi connectivity index (χ2v) is 6.86. The van der Waals surface area contributed by atoms with Gasteiger partial charge in [0.15, 0.2) is 0 Å². The molecular formula is C13H15IN2O3S. The molecule has 2 aromatic rings. The minimum Gasteiger partial charge on any atom is -0.446 e. The van der Waals surface area contributed by atoms with Crippen molar-refractivity contribution in [2.75, 3.05) is 11.3 Å². The Morgan fingerprint density at radius 2 is 1.95 bits per heavy atom. The SMILES string of the molecule is CCNCc1ccc(S(=O)(=O)Nc2ccccc2I)o1. The summed E-state index contributed by atoms with van der Waals surface area (Å²) >= 11 is 2.08. The average Bonchev–Trinajstić information content (AvgIpc) is 2.88. The van der Waals surface area contributed by atoms with E-state index in [1.807, 2.05) is 19.1 Å². The summed E-state index contributed by atoms with van der Waals surface area (Å²) in [6.07, 6.45) is 0. The first-order chi connectivity index (χ1) is 9.53. The van der Waals surface area contributed by atoms with E-state index in [2.05, 4.69) is 32.6 Å². The van der Waals surface area contributed by atoms with E-state index in [1.165, 1.54) is 6.07 Å². The van der Waals surface area contributed by atoms with E-state index in [-0.39, 0.29) is 5.09 Å². The van der Waals surface area contributed by atoms with E-state index in [0.29, 0.717) is 18.0 Å². The maximum absolute atomic E-state index is 12.2. The molecule has 0 atom stereocenters. The van der Waals surface area contributed by atoms with Gasteiger partial charge in [0.05, 0.1) is 12.2 Å². The molecule has 0 saturated carbocycles. The second kappa shape index (κ2) is 6.59. The van der Waals surface area contributed by atoms with Crippen molar-refractivity contribution < 1.29 is 12.8 Å². The summed E-state index contributed by atoms with van der Waals surface area (Å²) in [4.78, 5) is 0.